The highest BCUT2D eigenvalue weighted by Crippen LogP contribution is 2.59. The van der Waals surface area contributed by atoms with Crippen LogP contribution in [-0.4, -0.2) is 24.6 Å². The predicted octanol–water partition coefficient (Wildman–Crippen LogP) is 3.72. The lowest BCUT2D eigenvalue weighted by atomic mass is 9.50. The minimum absolute atomic E-state index is 0.0928. The lowest BCUT2D eigenvalue weighted by Gasteiger charge is -2.59. The molecule has 4 fully saturated rings. The number of ether oxygens (including phenoxy) is 2. The van der Waals surface area contributed by atoms with Gasteiger partial charge in [0.15, 0.2) is 0 Å². The van der Waals surface area contributed by atoms with Gasteiger partial charge in [-0.05, 0) is 76.0 Å². The van der Waals surface area contributed by atoms with E-state index in [0.717, 1.165) is 11.8 Å². The van der Waals surface area contributed by atoms with Gasteiger partial charge in [0.25, 0.3) is 0 Å². The summed E-state index contributed by atoms with van der Waals surface area (Å²) in [7, 11) is 1.36. The SMILES string of the molecule is CCC(C)(CC(=O)OC)C(=O)OC1(C)C2CC3CC(C2)CC1C3. The maximum absolute atomic E-state index is 12.9. The van der Waals surface area contributed by atoms with Crippen LogP contribution in [0.3, 0.4) is 0 Å². The van der Waals surface area contributed by atoms with Crippen LogP contribution in [0.1, 0.15) is 65.7 Å². The third kappa shape index (κ3) is 2.78. The molecule has 1 unspecified atom stereocenters. The highest BCUT2D eigenvalue weighted by molar-refractivity contribution is 5.83. The second-order valence-corrected chi connectivity index (χ2v) is 8.54. The second-order valence-electron chi connectivity index (χ2n) is 8.54. The summed E-state index contributed by atoms with van der Waals surface area (Å²) in [6.45, 7) is 5.90. The Morgan fingerprint density at radius 1 is 1.09 bits per heavy atom. The summed E-state index contributed by atoms with van der Waals surface area (Å²) in [5.41, 5.74) is -1.12. The van der Waals surface area contributed by atoms with Gasteiger partial charge in [-0.2, -0.15) is 0 Å². The third-order valence-corrected chi connectivity index (χ3v) is 7.11. The number of methoxy groups -OCH3 is 1. The molecule has 4 aliphatic rings. The fraction of sp³-hybridized carbons (Fsp3) is 0.895. The van der Waals surface area contributed by atoms with E-state index in [4.69, 9.17) is 9.47 Å². The van der Waals surface area contributed by atoms with E-state index in [0.29, 0.717) is 18.3 Å². The van der Waals surface area contributed by atoms with Crippen LogP contribution in [0.4, 0.5) is 0 Å². The highest BCUT2D eigenvalue weighted by Gasteiger charge is 2.58. The van der Waals surface area contributed by atoms with Crippen LogP contribution in [0.25, 0.3) is 0 Å². The standard InChI is InChI=1S/C19H30O4/c1-5-18(2,11-16(20)22-4)17(21)23-19(3)14-7-12-6-13(9-14)10-15(19)8-12/h12-15H,5-11H2,1-4H3. The number of hydrogen-bond acceptors (Lipinski definition) is 4. The first kappa shape index (κ1) is 16.8. The van der Waals surface area contributed by atoms with Crippen LogP contribution in [-0.2, 0) is 19.1 Å². The van der Waals surface area contributed by atoms with Crippen LogP contribution in [0.5, 0.6) is 0 Å². The van der Waals surface area contributed by atoms with Gasteiger partial charge >= 0.3 is 11.9 Å². The van der Waals surface area contributed by atoms with Crippen molar-refractivity contribution in [2.75, 3.05) is 7.11 Å². The van der Waals surface area contributed by atoms with Crippen LogP contribution in [0.15, 0.2) is 0 Å². The smallest absolute Gasteiger partial charge is 0.312 e. The molecule has 1 atom stereocenters. The lowest BCUT2D eigenvalue weighted by Crippen LogP contribution is -2.59. The van der Waals surface area contributed by atoms with E-state index in [1.54, 1.807) is 0 Å². The molecule has 0 spiro atoms. The van der Waals surface area contributed by atoms with E-state index in [-0.39, 0.29) is 24.0 Å². The summed E-state index contributed by atoms with van der Waals surface area (Å²) in [5.74, 6) is 2.12. The van der Waals surface area contributed by atoms with E-state index in [1.807, 2.05) is 13.8 Å². The van der Waals surface area contributed by atoms with Gasteiger partial charge in [-0.25, -0.2) is 0 Å². The zero-order chi connectivity index (χ0) is 16.8. The lowest BCUT2D eigenvalue weighted by molar-refractivity contribution is -0.213. The van der Waals surface area contributed by atoms with Crippen molar-refractivity contribution in [2.45, 2.75) is 71.3 Å². The number of esters is 2. The van der Waals surface area contributed by atoms with Crippen LogP contribution < -0.4 is 0 Å². The van der Waals surface area contributed by atoms with Gasteiger partial charge in [0, 0.05) is 0 Å². The summed E-state index contributed by atoms with van der Waals surface area (Å²) in [6, 6.07) is 0. The van der Waals surface area contributed by atoms with Crippen LogP contribution in [0, 0.1) is 29.1 Å². The first-order valence-corrected chi connectivity index (χ1v) is 9.11. The van der Waals surface area contributed by atoms with E-state index in [1.165, 1.54) is 39.2 Å². The zero-order valence-electron chi connectivity index (χ0n) is 14.9. The van der Waals surface area contributed by atoms with Gasteiger partial charge in [-0.1, -0.05) is 6.92 Å². The van der Waals surface area contributed by atoms with Crippen LogP contribution >= 0.6 is 0 Å². The van der Waals surface area contributed by atoms with E-state index < -0.39 is 5.41 Å². The minimum atomic E-state index is -0.787. The molecular formula is C19H30O4. The maximum atomic E-state index is 12.9. The Bertz CT molecular complexity index is 470. The highest BCUT2D eigenvalue weighted by atomic mass is 16.6. The first-order valence-electron chi connectivity index (χ1n) is 9.11. The summed E-state index contributed by atoms with van der Waals surface area (Å²) in [6.07, 6.45) is 6.87. The molecule has 4 saturated carbocycles. The molecule has 4 bridgehead atoms. The molecule has 0 saturated heterocycles. The molecule has 0 N–H and O–H groups in total. The maximum Gasteiger partial charge on any atom is 0.312 e. The van der Waals surface area contributed by atoms with Gasteiger partial charge in [0.1, 0.15) is 5.60 Å². The number of carbonyl (C=O) groups is 2. The van der Waals surface area contributed by atoms with Crippen molar-refractivity contribution in [2.24, 2.45) is 29.1 Å². The Labute approximate surface area is 139 Å². The number of rotatable bonds is 5. The third-order valence-electron chi connectivity index (χ3n) is 7.11. The van der Waals surface area contributed by atoms with Gasteiger partial charge in [0.2, 0.25) is 0 Å². The summed E-state index contributed by atoms with van der Waals surface area (Å²) in [5, 5.41) is 0. The van der Waals surface area contributed by atoms with Crippen molar-refractivity contribution in [1.82, 2.24) is 0 Å². The van der Waals surface area contributed by atoms with E-state index in [9.17, 15) is 9.59 Å². The van der Waals surface area contributed by atoms with E-state index in [2.05, 4.69) is 6.92 Å². The first-order chi connectivity index (χ1) is 10.8. The van der Waals surface area contributed by atoms with Crippen molar-refractivity contribution >= 4 is 11.9 Å². The summed E-state index contributed by atoms with van der Waals surface area (Å²) in [4.78, 5) is 24.6. The van der Waals surface area contributed by atoms with Gasteiger partial charge in [0.05, 0.1) is 18.9 Å². The fourth-order valence-corrected chi connectivity index (χ4v) is 5.34. The molecule has 4 aliphatic carbocycles. The molecule has 0 aromatic rings. The van der Waals surface area contributed by atoms with Crippen LogP contribution in [0.2, 0.25) is 0 Å². The number of hydrogen-bond donors (Lipinski definition) is 0. The molecule has 4 nitrogen and oxygen atoms in total. The normalized spacial score (nSPS) is 40.5. The fourth-order valence-electron chi connectivity index (χ4n) is 5.34. The Hall–Kier alpha value is -1.06. The molecule has 4 heteroatoms. The van der Waals surface area contributed by atoms with Gasteiger partial charge in [-0.3, -0.25) is 9.59 Å². The average molecular weight is 322 g/mol. The molecule has 0 aromatic heterocycles. The summed E-state index contributed by atoms with van der Waals surface area (Å²) < 4.78 is 10.9. The number of carbonyl (C=O) groups excluding carboxylic acids is 2. The van der Waals surface area contributed by atoms with Gasteiger partial charge < -0.3 is 9.47 Å². The Morgan fingerprint density at radius 3 is 2.04 bits per heavy atom. The Balaban J connectivity index is 1.74. The topological polar surface area (TPSA) is 52.6 Å². The van der Waals surface area contributed by atoms with Gasteiger partial charge in [-0.15, -0.1) is 0 Å². The molecule has 4 rings (SSSR count). The van der Waals surface area contributed by atoms with Crippen molar-refractivity contribution in [1.29, 1.82) is 0 Å². The molecule has 0 aromatic carbocycles. The molecule has 0 radical (unpaired) electrons. The van der Waals surface area contributed by atoms with Crippen molar-refractivity contribution in [3.05, 3.63) is 0 Å². The molecule has 0 heterocycles. The predicted molar refractivity (Wildman–Crippen MR) is 86.6 cm³/mol. The average Bonchev–Trinajstić information content (AvgIpc) is 2.51. The Morgan fingerprint density at radius 2 is 1.61 bits per heavy atom. The molecule has 23 heavy (non-hydrogen) atoms. The second kappa shape index (κ2) is 5.78. The van der Waals surface area contributed by atoms with Crippen molar-refractivity contribution in [3.63, 3.8) is 0 Å². The van der Waals surface area contributed by atoms with Crippen molar-refractivity contribution < 1.29 is 19.1 Å². The van der Waals surface area contributed by atoms with Crippen molar-refractivity contribution in [3.8, 4) is 0 Å². The molecule has 0 amide bonds. The minimum Gasteiger partial charge on any atom is -0.469 e. The quantitative estimate of drug-likeness (QED) is 0.724. The molecule has 0 aliphatic heterocycles. The van der Waals surface area contributed by atoms with E-state index >= 15 is 0 Å². The molecule has 130 valence electrons. The largest absolute Gasteiger partial charge is 0.469 e. The zero-order valence-corrected chi connectivity index (χ0v) is 14.9. The Kier molecular flexibility index (Phi) is 4.22. The summed E-state index contributed by atoms with van der Waals surface area (Å²) >= 11 is 0. The monoisotopic (exact) mass is 322 g/mol. The molecular weight excluding hydrogens is 292 g/mol.